The number of aliphatic hydroxyl groups is 1. The maximum Gasteiger partial charge on any atom is 0.242 e. The highest BCUT2D eigenvalue weighted by Gasteiger charge is 2.32. The molecule has 0 unspecified atom stereocenters. The number of hydrogen-bond donors (Lipinski definition) is 2. The minimum atomic E-state index is -0.927. The van der Waals surface area contributed by atoms with Crippen molar-refractivity contribution in [3.63, 3.8) is 0 Å². The molecule has 0 bridgehead atoms. The van der Waals surface area contributed by atoms with Gasteiger partial charge in [-0.3, -0.25) is 15.1 Å². The molecule has 1 amide bonds. The number of aliphatic hydroxyl groups excluding tert-OH is 1. The SMILES string of the molecule is C.O=C([C@H](NCc1ccc(Cl)cc1)[C@@H](O)c1ccncc1)N1CCCC1. The van der Waals surface area contributed by atoms with E-state index in [9.17, 15) is 9.90 Å². The number of amides is 1. The molecule has 1 aromatic heterocycles. The molecule has 0 spiro atoms. The minimum absolute atomic E-state index is 0. The number of nitrogens with zero attached hydrogens (tertiary/aromatic N) is 2. The first-order valence-electron chi connectivity index (χ1n) is 8.50. The van der Waals surface area contributed by atoms with Crippen LogP contribution in [0, 0.1) is 0 Å². The molecule has 1 aliphatic rings. The van der Waals surface area contributed by atoms with Gasteiger partial charge in [-0.05, 0) is 48.2 Å². The summed E-state index contributed by atoms with van der Waals surface area (Å²) in [5.74, 6) is -0.0595. The number of hydrogen-bond acceptors (Lipinski definition) is 4. The van der Waals surface area contributed by atoms with Crippen LogP contribution in [0.1, 0.15) is 37.5 Å². The van der Waals surface area contributed by atoms with Gasteiger partial charge in [0.05, 0.1) is 0 Å². The van der Waals surface area contributed by atoms with Gasteiger partial charge in [0.25, 0.3) is 0 Å². The molecule has 6 heteroatoms. The molecule has 0 aliphatic carbocycles. The third kappa shape index (κ3) is 5.04. The Morgan fingerprint density at radius 2 is 1.77 bits per heavy atom. The van der Waals surface area contributed by atoms with Crippen LogP contribution in [0.25, 0.3) is 0 Å². The van der Waals surface area contributed by atoms with Crippen molar-refractivity contribution in [2.75, 3.05) is 13.1 Å². The fourth-order valence-corrected chi connectivity index (χ4v) is 3.18. The lowest BCUT2D eigenvalue weighted by Gasteiger charge is -2.28. The number of benzene rings is 1. The Bertz CT molecular complexity index is 688. The first-order valence-corrected chi connectivity index (χ1v) is 8.87. The predicted octanol–water partition coefficient (Wildman–Crippen LogP) is 3.19. The molecule has 1 aliphatic heterocycles. The lowest BCUT2D eigenvalue weighted by Crippen LogP contribution is -2.48. The Morgan fingerprint density at radius 3 is 2.38 bits per heavy atom. The van der Waals surface area contributed by atoms with Crippen molar-refractivity contribution in [2.45, 2.75) is 39.0 Å². The molecule has 2 heterocycles. The third-order valence-corrected chi connectivity index (χ3v) is 4.74. The molecule has 2 aromatic rings. The van der Waals surface area contributed by atoms with Crippen LogP contribution in [0.15, 0.2) is 48.8 Å². The summed E-state index contributed by atoms with van der Waals surface area (Å²) in [4.78, 5) is 18.7. The highest BCUT2D eigenvalue weighted by atomic mass is 35.5. The van der Waals surface area contributed by atoms with E-state index in [1.54, 1.807) is 24.5 Å². The van der Waals surface area contributed by atoms with E-state index in [-0.39, 0.29) is 13.3 Å². The maximum atomic E-state index is 12.9. The van der Waals surface area contributed by atoms with Gasteiger partial charge < -0.3 is 10.0 Å². The Hall–Kier alpha value is -1.95. The van der Waals surface area contributed by atoms with Crippen molar-refractivity contribution in [1.82, 2.24) is 15.2 Å². The van der Waals surface area contributed by atoms with Crippen molar-refractivity contribution in [3.05, 3.63) is 64.9 Å². The van der Waals surface area contributed by atoms with Gasteiger partial charge in [0, 0.05) is 37.1 Å². The molecule has 2 N–H and O–H groups in total. The van der Waals surface area contributed by atoms with E-state index in [2.05, 4.69) is 10.3 Å². The molecule has 3 rings (SSSR count). The monoisotopic (exact) mass is 375 g/mol. The molecular formula is C20H26ClN3O2. The molecule has 1 aromatic carbocycles. The van der Waals surface area contributed by atoms with Gasteiger partial charge in [-0.1, -0.05) is 31.2 Å². The van der Waals surface area contributed by atoms with Gasteiger partial charge in [-0.15, -0.1) is 0 Å². The van der Waals surface area contributed by atoms with Gasteiger partial charge in [-0.25, -0.2) is 0 Å². The van der Waals surface area contributed by atoms with Crippen LogP contribution in [-0.2, 0) is 11.3 Å². The van der Waals surface area contributed by atoms with E-state index in [0.29, 0.717) is 17.1 Å². The van der Waals surface area contributed by atoms with E-state index >= 15 is 0 Å². The molecule has 2 atom stereocenters. The average molecular weight is 376 g/mol. The van der Waals surface area contributed by atoms with Gasteiger partial charge in [-0.2, -0.15) is 0 Å². The van der Waals surface area contributed by atoms with E-state index in [4.69, 9.17) is 11.6 Å². The van der Waals surface area contributed by atoms with Crippen LogP contribution in [-0.4, -0.2) is 40.0 Å². The second kappa shape index (κ2) is 9.67. The standard InChI is InChI=1S/C19H22ClN3O2.CH4/c20-16-5-3-14(4-6-16)13-22-17(19(25)23-11-1-2-12-23)18(24)15-7-9-21-10-8-15;/h3-10,17-18,22,24H,1-2,11-13H2;1H4/t17-,18+;/m1./s1. The Balaban J connectivity index is 0.00000243. The number of nitrogens with one attached hydrogen (secondary N) is 1. The summed E-state index contributed by atoms with van der Waals surface area (Å²) in [7, 11) is 0. The van der Waals surface area contributed by atoms with Crippen molar-refractivity contribution >= 4 is 17.5 Å². The van der Waals surface area contributed by atoms with Crippen molar-refractivity contribution < 1.29 is 9.90 Å². The zero-order valence-corrected chi connectivity index (χ0v) is 14.7. The lowest BCUT2D eigenvalue weighted by molar-refractivity contribution is -0.135. The molecule has 140 valence electrons. The number of carbonyl (C=O) groups excluding carboxylic acids is 1. The summed E-state index contributed by atoms with van der Waals surface area (Å²) in [6, 6.07) is 10.2. The van der Waals surface area contributed by atoms with Crippen LogP contribution in [0.4, 0.5) is 0 Å². The van der Waals surface area contributed by atoms with E-state index in [0.717, 1.165) is 31.5 Å². The zero-order valence-electron chi connectivity index (χ0n) is 13.9. The summed E-state index contributed by atoms with van der Waals surface area (Å²) < 4.78 is 0. The van der Waals surface area contributed by atoms with Crippen LogP contribution in [0.3, 0.4) is 0 Å². The summed E-state index contributed by atoms with van der Waals surface area (Å²) in [6.07, 6.45) is 4.34. The van der Waals surface area contributed by atoms with E-state index < -0.39 is 12.1 Å². The molecule has 1 fully saturated rings. The summed E-state index contributed by atoms with van der Waals surface area (Å²) in [5.41, 5.74) is 1.68. The largest absolute Gasteiger partial charge is 0.386 e. The second-order valence-corrected chi connectivity index (χ2v) is 6.68. The Labute approximate surface area is 160 Å². The quantitative estimate of drug-likeness (QED) is 0.813. The van der Waals surface area contributed by atoms with Gasteiger partial charge in [0.2, 0.25) is 5.91 Å². The number of halogens is 1. The highest BCUT2D eigenvalue weighted by Crippen LogP contribution is 2.20. The van der Waals surface area contributed by atoms with Crippen molar-refractivity contribution in [1.29, 1.82) is 0 Å². The maximum absolute atomic E-state index is 12.9. The molecule has 0 saturated carbocycles. The van der Waals surface area contributed by atoms with Crippen LogP contribution < -0.4 is 5.32 Å². The smallest absolute Gasteiger partial charge is 0.242 e. The minimum Gasteiger partial charge on any atom is -0.386 e. The highest BCUT2D eigenvalue weighted by molar-refractivity contribution is 6.30. The summed E-state index contributed by atoms with van der Waals surface area (Å²) in [5, 5.41) is 14.7. The number of aromatic nitrogens is 1. The fraction of sp³-hybridized carbons (Fsp3) is 0.400. The van der Waals surface area contributed by atoms with Crippen LogP contribution in [0.5, 0.6) is 0 Å². The first-order chi connectivity index (χ1) is 12.1. The molecule has 26 heavy (non-hydrogen) atoms. The summed E-state index contributed by atoms with van der Waals surface area (Å²) >= 11 is 5.91. The predicted molar refractivity (Wildman–Crippen MR) is 104 cm³/mol. The molecule has 5 nitrogen and oxygen atoms in total. The normalized spacial score (nSPS) is 16.0. The third-order valence-electron chi connectivity index (χ3n) is 4.49. The van der Waals surface area contributed by atoms with E-state index in [1.807, 2.05) is 29.2 Å². The molecular weight excluding hydrogens is 350 g/mol. The number of pyridine rings is 1. The number of rotatable bonds is 6. The molecule has 0 radical (unpaired) electrons. The first kappa shape index (κ1) is 20.4. The van der Waals surface area contributed by atoms with E-state index in [1.165, 1.54) is 0 Å². The van der Waals surface area contributed by atoms with Gasteiger partial charge in [0.15, 0.2) is 0 Å². The summed E-state index contributed by atoms with van der Waals surface area (Å²) in [6.45, 7) is 1.98. The van der Waals surface area contributed by atoms with Crippen molar-refractivity contribution in [3.8, 4) is 0 Å². The lowest BCUT2D eigenvalue weighted by atomic mass is 10.0. The zero-order chi connectivity index (χ0) is 17.6. The average Bonchev–Trinajstić information content (AvgIpc) is 3.18. The second-order valence-electron chi connectivity index (χ2n) is 6.24. The van der Waals surface area contributed by atoms with Gasteiger partial charge in [0.1, 0.15) is 12.1 Å². The topological polar surface area (TPSA) is 65.5 Å². The van der Waals surface area contributed by atoms with Crippen LogP contribution in [0.2, 0.25) is 5.02 Å². The van der Waals surface area contributed by atoms with Crippen LogP contribution >= 0.6 is 11.6 Å². The fourth-order valence-electron chi connectivity index (χ4n) is 3.05. The number of likely N-dealkylation sites (tertiary alicyclic amines) is 1. The number of carbonyl (C=O) groups is 1. The van der Waals surface area contributed by atoms with Gasteiger partial charge >= 0.3 is 0 Å². The molecule has 1 saturated heterocycles. The van der Waals surface area contributed by atoms with Crippen molar-refractivity contribution in [2.24, 2.45) is 0 Å². The Kier molecular flexibility index (Phi) is 7.57. The Morgan fingerprint density at radius 1 is 1.15 bits per heavy atom.